The van der Waals surface area contributed by atoms with Gasteiger partial charge in [-0.2, -0.15) is 0 Å². The summed E-state index contributed by atoms with van der Waals surface area (Å²) in [5, 5.41) is 4.69. The van der Waals surface area contributed by atoms with Crippen molar-refractivity contribution < 1.29 is 4.42 Å². The summed E-state index contributed by atoms with van der Waals surface area (Å²) in [7, 11) is 0. The molecule has 0 unspecified atom stereocenters. The van der Waals surface area contributed by atoms with E-state index in [2.05, 4.69) is 162 Å². The number of hydrogen-bond donors (Lipinski definition) is 0. The Balaban J connectivity index is 1.07. The minimum Gasteiger partial charge on any atom is -0.454 e. The molecule has 0 bridgehead atoms. The third-order valence-corrected chi connectivity index (χ3v) is 8.86. The molecule has 0 atom stereocenters. The molecule has 0 fully saturated rings. The highest BCUT2D eigenvalue weighted by Crippen LogP contribution is 2.39. The largest absolute Gasteiger partial charge is 0.454 e. The summed E-state index contributed by atoms with van der Waals surface area (Å²) < 4.78 is 8.79. The smallest absolute Gasteiger partial charge is 0.159 e. The highest BCUT2D eigenvalue weighted by molar-refractivity contribution is 6.13. The molecule has 46 heavy (non-hydrogen) atoms. The fourth-order valence-electron chi connectivity index (χ4n) is 6.59. The fraction of sp³-hybridized carbons (Fsp3) is 0. The molecule has 9 rings (SSSR count). The molecule has 214 valence electrons. The third-order valence-electron chi connectivity index (χ3n) is 8.86. The van der Waals surface area contributed by atoms with E-state index in [-0.39, 0.29) is 0 Å². The van der Waals surface area contributed by atoms with Crippen LogP contribution in [0.4, 0.5) is 0 Å². The van der Waals surface area contributed by atoms with Crippen LogP contribution in [-0.2, 0) is 0 Å². The van der Waals surface area contributed by atoms with Gasteiger partial charge in [0, 0.05) is 32.7 Å². The Morgan fingerprint density at radius 1 is 0.391 bits per heavy atom. The second-order valence-electron chi connectivity index (χ2n) is 11.6. The SMILES string of the molecule is C(#Cc1ccc(-c2ccc3c(c2)c2ccccc2n3-c2cccc3c2oc2ccccc23)cc1)c1ccc(-c2ccccc2)cc1. The maximum atomic E-state index is 6.45. The first kappa shape index (κ1) is 26.1. The molecule has 0 saturated heterocycles. The van der Waals surface area contributed by atoms with Gasteiger partial charge in [0.1, 0.15) is 5.58 Å². The predicted molar refractivity (Wildman–Crippen MR) is 191 cm³/mol. The lowest BCUT2D eigenvalue weighted by Crippen LogP contribution is -1.94. The van der Waals surface area contributed by atoms with Crippen molar-refractivity contribution in [1.29, 1.82) is 0 Å². The van der Waals surface area contributed by atoms with Crippen LogP contribution in [0.15, 0.2) is 168 Å². The van der Waals surface area contributed by atoms with Gasteiger partial charge in [-0.1, -0.05) is 121 Å². The van der Waals surface area contributed by atoms with Gasteiger partial charge in [0.15, 0.2) is 5.58 Å². The van der Waals surface area contributed by atoms with Crippen LogP contribution in [0.25, 0.3) is 71.7 Å². The normalized spacial score (nSPS) is 11.3. The number of benzene rings is 7. The minimum atomic E-state index is 0.902. The summed E-state index contributed by atoms with van der Waals surface area (Å²) in [4.78, 5) is 0. The van der Waals surface area contributed by atoms with Crippen molar-refractivity contribution in [1.82, 2.24) is 4.57 Å². The summed E-state index contributed by atoms with van der Waals surface area (Å²) in [6, 6.07) is 57.5. The number of furan rings is 1. The van der Waals surface area contributed by atoms with Crippen LogP contribution in [0.2, 0.25) is 0 Å². The molecule has 0 radical (unpaired) electrons. The van der Waals surface area contributed by atoms with Gasteiger partial charge in [-0.15, -0.1) is 0 Å². The molecule has 2 heterocycles. The van der Waals surface area contributed by atoms with Gasteiger partial charge < -0.3 is 8.98 Å². The van der Waals surface area contributed by atoms with Crippen molar-refractivity contribution in [3.8, 4) is 39.8 Å². The molecule has 7 aromatic carbocycles. The minimum absolute atomic E-state index is 0.902. The van der Waals surface area contributed by atoms with Crippen molar-refractivity contribution >= 4 is 43.7 Å². The predicted octanol–water partition coefficient (Wildman–Crippen LogP) is 11.4. The maximum Gasteiger partial charge on any atom is 0.159 e. The van der Waals surface area contributed by atoms with E-state index in [1.807, 2.05) is 18.2 Å². The lowest BCUT2D eigenvalue weighted by atomic mass is 10.0. The van der Waals surface area contributed by atoms with Crippen LogP contribution >= 0.6 is 0 Å². The second kappa shape index (κ2) is 10.7. The molecule has 0 spiro atoms. The zero-order valence-corrected chi connectivity index (χ0v) is 24.9. The summed E-state index contributed by atoms with van der Waals surface area (Å²) in [5.74, 6) is 6.66. The van der Waals surface area contributed by atoms with Crippen LogP contribution in [-0.4, -0.2) is 4.57 Å². The zero-order chi connectivity index (χ0) is 30.5. The molecule has 0 aliphatic carbocycles. The molecule has 0 N–H and O–H groups in total. The maximum absolute atomic E-state index is 6.45. The summed E-state index contributed by atoms with van der Waals surface area (Å²) in [5.41, 5.74) is 11.9. The molecular weight excluding hydrogens is 558 g/mol. The number of rotatable bonds is 3. The van der Waals surface area contributed by atoms with E-state index >= 15 is 0 Å². The average Bonchev–Trinajstić information content (AvgIpc) is 3.67. The number of para-hydroxylation sites is 3. The Morgan fingerprint density at radius 3 is 1.72 bits per heavy atom. The standard InChI is InChI=1S/C44H27NO/c1-2-9-32(10-3-1)33-23-19-30(20-24-33)17-18-31-21-25-34(26-22-31)35-27-28-41-39(29-35)36-11-4-6-14-40(36)45(41)42-15-8-13-38-37-12-5-7-16-43(37)46-44(38)42/h1-16,19-29H. The molecule has 9 aromatic rings. The van der Waals surface area contributed by atoms with E-state index in [0.29, 0.717) is 0 Å². The molecule has 0 saturated carbocycles. The van der Waals surface area contributed by atoms with E-state index in [1.165, 1.54) is 27.5 Å². The molecule has 0 aliphatic heterocycles. The summed E-state index contributed by atoms with van der Waals surface area (Å²) in [6.45, 7) is 0. The Kier molecular flexibility index (Phi) is 6.08. The fourth-order valence-corrected chi connectivity index (χ4v) is 6.59. The third kappa shape index (κ3) is 4.38. The summed E-state index contributed by atoms with van der Waals surface area (Å²) in [6.07, 6.45) is 0. The number of hydrogen-bond acceptors (Lipinski definition) is 1. The van der Waals surface area contributed by atoms with E-state index < -0.39 is 0 Å². The van der Waals surface area contributed by atoms with Gasteiger partial charge in [-0.05, 0) is 76.9 Å². The van der Waals surface area contributed by atoms with Crippen molar-refractivity contribution in [2.45, 2.75) is 0 Å². The van der Waals surface area contributed by atoms with Crippen LogP contribution in [0, 0.1) is 11.8 Å². The van der Waals surface area contributed by atoms with Gasteiger partial charge in [0.05, 0.1) is 16.7 Å². The first-order valence-electron chi connectivity index (χ1n) is 15.5. The summed E-state index contributed by atoms with van der Waals surface area (Å²) >= 11 is 0. The van der Waals surface area contributed by atoms with E-state index in [1.54, 1.807) is 0 Å². The Labute approximate surface area is 266 Å². The van der Waals surface area contributed by atoms with Crippen molar-refractivity contribution in [2.24, 2.45) is 0 Å². The highest BCUT2D eigenvalue weighted by atomic mass is 16.3. The monoisotopic (exact) mass is 585 g/mol. The first-order chi connectivity index (χ1) is 22.8. The first-order valence-corrected chi connectivity index (χ1v) is 15.5. The Hall–Kier alpha value is -6.30. The highest BCUT2D eigenvalue weighted by Gasteiger charge is 2.17. The van der Waals surface area contributed by atoms with Crippen LogP contribution in [0.5, 0.6) is 0 Å². The van der Waals surface area contributed by atoms with Crippen LogP contribution in [0.3, 0.4) is 0 Å². The van der Waals surface area contributed by atoms with Gasteiger partial charge in [-0.25, -0.2) is 0 Å². The molecule has 0 amide bonds. The lowest BCUT2D eigenvalue weighted by molar-refractivity contribution is 0.666. The van der Waals surface area contributed by atoms with E-state index in [0.717, 1.165) is 55.3 Å². The van der Waals surface area contributed by atoms with Gasteiger partial charge in [0.25, 0.3) is 0 Å². The lowest BCUT2D eigenvalue weighted by Gasteiger charge is -2.09. The second-order valence-corrected chi connectivity index (χ2v) is 11.6. The molecule has 2 heteroatoms. The zero-order valence-electron chi connectivity index (χ0n) is 24.9. The molecule has 2 nitrogen and oxygen atoms in total. The van der Waals surface area contributed by atoms with Crippen LogP contribution in [0.1, 0.15) is 11.1 Å². The topological polar surface area (TPSA) is 18.1 Å². The quantitative estimate of drug-likeness (QED) is 0.189. The van der Waals surface area contributed by atoms with Gasteiger partial charge >= 0.3 is 0 Å². The van der Waals surface area contributed by atoms with Crippen molar-refractivity contribution in [2.75, 3.05) is 0 Å². The van der Waals surface area contributed by atoms with E-state index in [4.69, 9.17) is 4.42 Å². The van der Waals surface area contributed by atoms with E-state index in [9.17, 15) is 0 Å². The molecule has 2 aromatic heterocycles. The van der Waals surface area contributed by atoms with Crippen molar-refractivity contribution in [3.05, 3.63) is 175 Å². The number of nitrogens with zero attached hydrogens (tertiary/aromatic N) is 1. The number of fused-ring (bicyclic) bond motifs is 6. The average molecular weight is 586 g/mol. The van der Waals surface area contributed by atoms with Crippen LogP contribution < -0.4 is 0 Å². The molecular formula is C44H27NO. The van der Waals surface area contributed by atoms with Gasteiger partial charge in [0.2, 0.25) is 0 Å². The Morgan fingerprint density at radius 2 is 0.957 bits per heavy atom. The Bertz CT molecular complexity index is 2610. The van der Waals surface area contributed by atoms with Gasteiger partial charge in [-0.3, -0.25) is 0 Å². The van der Waals surface area contributed by atoms with Crippen molar-refractivity contribution in [3.63, 3.8) is 0 Å². The molecule has 0 aliphatic rings. The number of aromatic nitrogens is 1.